The lowest BCUT2D eigenvalue weighted by Crippen LogP contribution is -2.04. The zero-order valence-electron chi connectivity index (χ0n) is 11.0. The molecule has 0 spiro atoms. The van der Waals surface area contributed by atoms with Gasteiger partial charge in [-0.05, 0) is 43.1 Å². The summed E-state index contributed by atoms with van der Waals surface area (Å²) in [6.45, 7) is 5.12. The summed E-state index contributed by atoms with van der Waals surface area (Å²) in [6.07, 6.45) is 3.46. The van der Waals surface area contributed by atoms with Gasteiger partial charge in [0.25, 0.3) is 0 Å². The van der Waals surface area contributed by atoms with Crippen LogP contribution < -0.4 is 5.10 Å². The number of aromatic amines is 1. The lowest BCUT2D eigenvalue weighted by molar-refractivity contribution is -0.455. The third-order valence-electron chi connectivity index (χ3n) is 2.37. The molecule has 0 atom stereocenters. The normalized spacial score (nSPS) is 10.5. The van der Waals surface area contributed by atoms with Crippen molar-refractivity contribution in [3.63, 3.8) is 0 Å². The van der Waals surface area contributed by atoms with E-state index in [4.69, 9.17) is 0 Å². The Morgan fingerprint density at radius 1 is 1.11 bits per heavy atom. The average molecular weight is 280 g/mol. The van der Waals surface area contributed by atoms with Crippen molar-refractivity contribution < 1.29 is 18.1 Å². The summed E-state index contributed by atoms with van der Waals surface area (Å²) >= 11 is 0. The molecule has 2 aromatic rings. The van der Waals surface area contributed by atoms with E-state index < -0.39 is 10.1 Å². The molecule has 0 amide bonds. The van der Waals surface area contributed by atoms with Crippen LogP contribution in [0.3, 0.4) is 0 Å². The first kappa shape index (κ1) is 15.3. The van der Waals surface area contributed by atoms with Gasteiger partial charge in [-0.15, -0.1) is 5.10 Å². The lowest BCUT2D eigenvalue weighted by Gasteiger charge is -2.14. The number of H-pyrrole nitrogens is 1. The van der Waals surface area contributed by atoms with E-state index in [1.165, 1.54) is 0 Å². The Labute approximate surface area is 113 Å². The van der Waals surface area contributed by atoms with Gasteiger partial charge in [0.1, 0.15) is 10.1 Å². The van der Waals surface area contributed by atoms with E-state index >= 15 is 0 Å². The molecule has 102 valence electrons. The molecule has 1 N–H and O–H groups in total. The van der Waals surface area contributed by atoms with Gasteiger partial charge in [-0.3, -0.25) is 0 Å². The number of rotatable bonds is 1. The SMILES string of the molecule is Cc1cc(C)c(S(=O)(=O)[O-])c(C)c1.c1cc[nH+]nc1. The predicted molar refractivity (Wildman–Crippen MR) is 69.4 cm³/mol. The van der Waals surface area contributed by atoms with Crippen LogP contribution in [0.2, 0.25) is 0 Å². The minimum absolute atomic E-state index is 0.0851. The summed E-state index contributed by atoms with van der Waals surface area (Å²) in [5.74, 6) is 0. The molecule has 0 aliphatic heterocycles. The van der Waals surface area contributed by atoms with Gasteiger partial charge >= 0.3 is 0 Å². The number of hydrogen-bond acceptors (Lipinski definition) is 4. The third kappa shape index (κ3) is 4.76. The van der Waals surface area contributed by atoms with Gasteiger partial charge in [0.15, 0.2) is 6.20 Å². The van der Waals surface area contributed by atoms with Gasteiger partial charge in [-0.1, -0.05) is 17.7 Å². The van der Waals surface area contributed by atoms with E-state index in [1.807, 2.05) is 19.1 Å². The molecule has 6 heteroatoms. The molecule has 0 fully saturated rings. The quantitative estimate of drug-likeness (QED) is 0.739. The lowest BCUT2D eigenvalue weighted by atomic mass is 10.1. The summed E-state index contributed by atoms with van der Waals surface area (Å²) in [7, 11) is -4.33. The maximum absolute atomic E-state index is 10.8. The van der Waals surface area contributed by atoms with E-state index in [9.17, 15) is 13.0 Å². The first-order valence-corrected chi connectivity index (χ1v) is 7.04. The molecule has 0 radical (unpaired) electrons. The maximum Gasteiger partial charge on any atom is 0.193 e. The van der Waals surface area contributed by atoms with Crippen LogP contribution in [0.5, 0.6) is 0 Å². The monoisotopic (exact) mass is 280 g/mol. The second-order valence-corrected chi connectivity index (χ2v) is 5.46. The van der Waals surface area contributed by atoms with Crippen LogP contribution >= 0.6 is 0 Å². The van der Waals surface area contributed by atoms with Crippen molar-refractivity contribution in [1.82, 2.24) is 5.10 Å². The highest BCUT2D eigenvalue weighted by Gasteiger charge is 2.09. The zero-order valence-corrected chi connectivity index (χ0v) is 11.9. The van der Waals surface area contributed by atoms with Crippen molar-refractivity contribution in [1.29, 1.82) is 0 Å². The molecule has 0 aliphatic carbocycles. The Morgan fingerprint density at radius 2 is 1.68 bits per heavy atom. The van der Waals surface area contributed by atoms with Gasteiger partial charge in [-0.2, -0.15) is 0 Å². The second-order valence-electron chi connectivity index (χ2n) is 4.14. The Morgan fingerprint density at radius 3 is 1.95 bits per heavy atom. The van der Waals surface area contributed by atoms with Crippen molar-refractivity contribution in [3.05, 3.63) is 53.3 Å². The van der Waals surface area contributed by atoms with Crippen molar-refractivity contribution in [3.8, 4) is 0 Å². The van der Waals surface area contributed by atoms with Crippen LogP contribution in [0.1, 0.15) is 16.7 Å². The molecule has 2 rings (SSSR count). The Kier molecular flexibility index (Phi) is 5.14. The van der Waals surface area contributed by atoms with Crippen LogP contribution in [0.15, 0.2) is 41.6 Å². The highest BCUT2D eigenvalue weighted by atomic mass is 32.2. The van der Waals surface area contributed by atoms with Crippen LogP contribution in [-0.4, -0.2) is 18.1 Å². The Bertz CT molecular complexity index is 590. The predicted octanol–water partition coefficient (Wildman–Crippen LogP) is 1.41. The van der Waals surface area contributed by atoms with E-state index in [0.717, 1.165) is 5.56 Å². The molecule has 0 unspecified atom stereocenters. The summed E-state index contributed by atoms with van der Waals surface area (Å²) in [5, 5.41) is 6.30. The first-order chi connectivity index (χ1) is 8.82. The molecule has 0 saturated carbocycles. The fourth-order valence-electron chi connectivity index (χ4n) is 1.84. The molecular formula is C13H16N2O3S. The maximum atomic E-state index is 10.8. The van der Waals surface area contributed by atoms with Crippen LogP contribution in [-0.2, 0) is 10.1 Å². The number of benzene rings is 1. The van der Waals surface area contributed by atoms with Crippen LogP contribution in [0.4, 0.5) is 0 Å². The minimum Gasteiger partial charge on any atom is -0.744 e. The molecule has 1 aromatic carbocycles. The number of nitrogens with zero attached hydrogens (tertiary/aromatic N) is 1. The van der Waals surface area contributed by atoms with Crippen LogP contribution in [0.25, 0.3) is 0 Å². The van der Waals surface area contributed by atoms with E-state index in [-0.39, 0.29) is 4.90 Å². The topological polar surface area (TPSA) is 84.2 Å². The summed E-state index contributed by atoms with van der Waals surface area (Å²) in [6, 6.07) is 7.12. The number of aromatic nitrogens is 2. The molecule has 1 heterocycles. The van der Waals surface area contributed by atoms with Crippen LogP contribution in [0, 0.1) is 20.8 Å². The summed E-state index contributed by atoms with van der Waals surface area (Å²) in [5.41, 5.74) is 2.00. The van der Waals surface area contributed by atoms with Crippen molar-refractivity contribution in [2.45, 2.75) is 25.7 Å². The molecule has 5 nitrogen and oxygen atoms in total. The fraction of sp³-hybridized carbons (Fsp3) is 0.231. The fourth-order valence-corrected chi connectivity index (χ4v) is 2.75. The standard InChI is InChI=1S/C9H12O3S.C4H4N2/c1-6-4-7(2)9(8(3)5-6)13(10,11)12;1-2-4-6-5-3-1/h4-5H,1-3H3,(H,10,11,12);1-4H. The number of hydrogen-bond donors (Lipinski definition) is 0. The highest BCUT2D eigenvalue weighted by Crippen LogP contribution is 2.20. The average Bonchev–Trinajstić information content (AvgIpc) is 2.28. The second kappa shape index (κ2) is 6.40. The molecule has 0 bridgehead atoms. The number of nitrogens with one attached hydrogen (secondary N) is 1. The molecule has 0 aliphatic rings. The largest absolute Gasteiger partial charge is 0.744 e. The van der Waals surface area contributed by atoms with Gasteiger partial charge in [0, 0.05) is 6.07 Å². The third-order valence-corrected chi connectivity index (χ3v) is 3.52. The molecule has 0 saturated heterocycles. The van der Waals surface area contributed by atoms with Gasteiger partial charge < -0.3 is 4.55 Å². The van der Waals surface area contributed by atoms with Crippen molar-refractivity contribution in [2.75, 3.05) is 0 Å². The summed E-state index contributed by atoms with van der Waals surface area (Å²) < 4.78 is 32.5. The van der Waals surface area contributed by atoms with Crippen molar-refractivity contribution >= 4 is 10.1 Å². The highest BCUT2D eigenvalue weighted by molar-refractivity contribution is 7.85. The smallest absolute Gasteiger partial charge is 0.193 e. The zero-order chi connectivity index (χ0) is 14.5. The van der Waals surface area contributed by atoms with Crippen molar-refractivity contribution in [2.24, 2.45) is 0 Å². The first-order valence-electron chi connectivity index (χ1n) is 5.63. The van der Waals surface area contributed by atoms with E-state index in [1.54, 1.807) is 38.4 Å². The van der Waals surface area contributed by atoms with Gasteiger partial charge in [-0.25, -0.2) is 8.42 Å². The Hall–Kier alpha value is -1.79. The van der Waals surface area contributed by atoms with Gasteiger partial charge in [0.05, 0.1) is 11.1 Å². The molecule has 19 heavy (non-hydrogen) atoms. The number of aryl methyl sites for hydroxylation is 3. The summed E-state index contributed by atoms with van der Waals surface area (Å²) in [4.78, 5) is -0.0851. The van der Waals surface area contributed by atoms with E-state index in [2.05, 4.69) is 10.2 Å². The minimum atomic E-state index is -4.33. The molecular weight excluding hydrogens is 264 g/mol. The van der Waals surface area contributed by atoms with E-state index in [0.29, 0.717) is 11.1 Å². The molecule has 1 aromatic heterocycles. The van der Waals surface area contributed by atoms with Gasteiger partial charge in [0.2, 0.25) is 0 Å². The Balaban J connectivity index is 0.000000250.